The molecule has 2 aliphatic carbocycles. The van der Waals surface area contributed by atoms with E-state index in [-0.39, 0.29) is 22.3 Å². The Morgan fingerprint density at radius 2 is 1.64 bits per heavy atom. The van der Waals surface area contributed by atoms with E-state index < -0.39 is 9.84 Å². The lowest BCUT2D eigenvalue weighted by Crippen LogP contribution is -2.23. The van der Waals surface area contributed by atoms with Crippen LogP contribution in [-0.4, -0.2) is 31.9 Å². The highest BCUT2D eigenvalue weighted by atomic mass is 32.2. The number of benzene rings is 2. The second kappa shape index (κ2) is 11.6. The van der Waals surface area contributed by atoms with E-state index in [2.05, 4.69) is 17.6 Å². The number of rotatable bonds is 11. The SMILES string of the molecule is CCS(=O)(=O)c1ccc(CNC(=O)c2ccc(NC3CC3)c(CC(=O)CC3CCC(C)CC3)c2)cc1. The van der Waals surface area contributed by atoms with E-state index in [9.17, 15) is 18.0 Å². The average molecular weight is 511 g/mol. The van der Waals surface area contributed by atoms with Crippen molar-refractivity contribution in [3.8, 4) is 0 Å². The fraction of sp³-hybridized carbons (Fsp3) is 0.517. The van der Waals surface area contributed by atoms with Gasteiger partial charge in [0.1, 0.15) is 5.78 Å². The van der Waals surface area contributed by atoms with Crippen LogP contribution < -0.4 is 10.6 Å². The van der Waals surface area contributed by atoms with Crippen LogP contribution in [0.25, 0.3) is 0 Å². The van der Waals surface area contributed by atoms with Crippen molar-refractivity contribution >= 4 is 27.2 Å². The first-order chi connectivity index (χ1) is 17.2. The van der Waals surface area contributed by atoms with Gasteiger partial charge in [0, 0.05) is 36.7 Å². The number of Topliss-reactive ketones (excluding diaryl/α,β-unsaturated/α-hetero) is 1. The summed E-state index contributed by atoms with van der Waals surface area (Å²) in [5, 5.41) is 6.43. The van der Waals surface area contributed by atoms with Gasteiger partial charge in [0.15, 0.2) is 9.84 Å². The summed E-state index contributed by atoms with van der Waals surface area (Å²) in [6, 6.07) is 12.6. The lowest BCUT2D eigenvalue weighted by molar-refractivity contribution is -0.119. The number of ketones is 1. The largest absolute Gasteiger partial charge is 0.382 e. The second-order valence-electron chi connectivity index (χ2n) is 10.6. The van der Waals surface area contributed by atoms with E-state index in [1.807, 2.05) is 12.1 Å². The minimum atomic E-state index is -3.25. The lowest BCUT2D eigenvalue weighted by atomic mass is 9.80. The molecular formula is C29H38N2O4S. The number of nitrogens with one attached hydrogen (secondary N) is 2. The predicted octanol–water partition coefficient (Wildman–Crippen LogP) is 5.31. The molecule has 0 atom stereocenters. The molecule has 2 fully saturated rings. The quantitative estimate of drug-likeness (QED) is 0.427. The van der Waals surface area contributed by atoms with E-state index in [1.54, 1.807) is 37.3 Å². The molecule has 0 aliphatic heterocycles. The third-order valence-electron chi connectivity index (χ3n) is 7.46. The molecule has 0 bridgehead atoms. The molecule has 0 aromatic heterocycles. The van der Waals surface area contributed by atoms with Gasteiger partial charge in [-0.1, -0.05) is 38.8 Å². The maximum atomic E-state index is 13.0. The summed E-state index contributed by atoms with van der Waals surface area (Å²) < 4.78 is 24.0. The van der Waals surface area contributed by atoms with Crippen molar-refractivity contribution in [1.82, 2.24) is 5.32 Å². The molecule has 2 saturated carbocycles. The van der Waals surface area contributed by atoms with Crippen molar-refractivity contribution < 1.29 is 18.0 Å². The molecule has 2 N–H and O–H groups in total. The maximum Gasteiger partial charge on any atom is 0.251 e. The van der Waals surface area contributed by atoms with Gasteiger partial charge in [0.05, 0.1) is 10.6 Å². The van der Waals surface area contributed by atoms with Crippen molar-refractivity contribution in [2.45, 2.75) is 82.7 Å². The van der Waals surface area contributed by atoms with Gasteiger partial charge in [-0.3, -0.25) is 9.59 Å². The number of sulfone groups is 1. The van der Waals surface area contributed by atoms with E-state index in [4.69, 9.17) is 0 Å². The van der Waals surface area contributed by atoms with E-state index in [0.717, 1.165) is 48.4 Å². The van der Waals surface area contributed by atoms with Crippen molar-refractivity contribution in [1.29, 1.82) is 0 Å². The Balaban J connectivity index is 1.40. The number of amides is 1. The van der Waals surface area contributed by atoms with Crippen molar-refractivity contribution in [3.63, 3.8) is 0 Å². The highest BCUT2D eigenvalue weighted by Gasteiger charge is 2.24. The Morgan fingerprint density at radius 3 is 2.28 bits per heavy atom. The summed E-state index contributed by atoms with van der Waals surface area (Å²) in [4.78, 5) is 26.2. The molecule has 0 saturated heterocycles. The van der Waals surface area contributed by atoms with Crippen LogP contribution in [0.4, 0.5) is 5.69 Å². The van der Waals surface area contributed by atoms with Crippen molar-refractivity contribution in [3.05, 3.63) is 59.2 Å². The van der Waals surface area contributed by atoms with Gasteiger partial charge in [-0.25, -0.2) is 8.42 Å². The summed E-state index contributed by atoms with van der Waals surface area (Å²) in [6.45, 7) is 4.20. The van der Waals surface area contributed by atoms with E-state index >= 15 is 0 Å². The van der Waals surface area contributed by atoms with Crippen LogP contribution in [0.5, 0.6) is 0 Å². The molecule has 6 nitrogen and oxygen atoms in total. The molecule has 36 heavy (non-hydrogen) atoms. The lowest BCUT2D eigenvalue weighted by Gasteiger charge is -2.25. The topological polar surface area (TPSA) is 92.3 Å². The number of hydrogen-bond donors (Lipinski definition) is 2. The fourth-order valence-corrected chi connectivity index (χ4v) is 5.76. The zero-order valence-electron chi connectivity index (χ0n) is 21.4. The fourth-order valence-electron chi connectivity index (χ4n) is 4.88. The van der Waals surface area contributed by atoms with Crippen LogP contribution in [-0.2, 0) is 27.6 Å². The van der Waals surface area contributed by atoms with Crippen LogP contribution in [0.2, 0.25) is 0 Å². The molecular weight excluding hydrogens is 472 g/mol. The average Bonchev–Trinajstić information content (AvgIpc) is 3.69. The number of carbonyl (C=O) groups excluding carboxylic acids is 2. The number of anilines is 1. The van der Waals surface area contributed by atoms with Crippen molar-refractivity contribution in [2.24, 2.45) is 11.8 Å². The highest BCUT2D eigenvalue weighted by Crippen LogP contribution is 2.32. The first kappa shape index (κ1) is 26.4. The minimum Gasteiger partial charge on any atom is -0.382 e. The molecule has 0 heterocycles. The number of hydrogen-bond acceptors (Lipinski definition) is 5. The monoisotopic (exact) mass is 510 g/mol. The predicted molar refractivity (Wildman–Crippen MR) is 143 cm³/mol. The molecule has 2 aliphatic rings. The van der Waals surface area contributed by atoms with Gasteiger partial charge >= 0.3 is 0 Å². The molecule has 0 spiro atoms. The standard InChI is InChI=1S/C29H38N2O4S/c1-3-36(34,35)27-13-8-22(9-14-27)19-30-29(33)23-10-15-28(31-25-11-12-25)24(17-23)18-26(32)16-21-6-4-20(2)5-7-21/h8-10,13-15,17,20-21,25,31H,3-7,11-12,16,18-19H2,1-2H3,(H,30,33). The second-order valence-corrected chi connectivity index (χ2v) is 12.8. The summed E-state index contributed by atoms with van der Waals surface area (Å²) in [6.07, 6.45) is 7.91. The molecule has 2 aromatic rings. The zero-order valence-corrected chi connectivity index (χ0v) is 22.2. The Labute approximate surface area is 215 Å². The highest BCUT2D eigenvalue weighted by molar-refractivity contribution is 7.91. The van der Waals surface area contributed by atoms with Gasteiger partial charge in [-0.2, -0.15) is 0 Å². The Kier molecular flexibility index (Phi) is 8.50. The van der Waals surface area contributed by atoms with Crippen molar-refractivity contribution in [2.75, 3.05) is 11.1 Å². The Morgan fingerprint density at radius 1 is 0.944 bits per heavy atom. The summed E-state index contributed by atoms with van der Waals surface area (Å²) in [5.41, 5.74) is 3.18. The summed E-state index contributed by atoms with van der Waals surface area (Å²) in [7, 11) is -3.25. The van der Waals surface area contributed by atoms with Gasteiger partial charge in [0.25, 0.3) is 5.91 Å². The summed E-state index contributed by atoms with van der Waals surface area (Å²) >= 11 is 0. The number of carbonyl (C=O) groups is 2. The molecule has 7 heteroatoms. The van der Waals surface area contributed by atoms with E-state index in [1.165, 1.54) is 12.8 Å². The van der Waals surface area contributed by atoms with Crippen LogP contribution in [0.3, 0.4) is 0 Å². The molecule has 194 valence electrons. The van der Waals surface area contributed by atoms with Gasteiger partial charge in [0.2, 0.25) is 0 Å². The maximum absolute atomic E-state index is 13.0. The molecule has 1 amide bonds. The van der Waals surface area contributed by atoms with Gasteiger partial charge < -0.3 is 10.6 Å². The summed E-state index contributed by atoms with van der Waals surface area (Å²) in [5.74, 6) is 1.34. The third-order valence-corrected chi connectivity index (χ3v) is 9.21. The van der Waals surface area contributed by atoms with Crippen LogP contribution >= 0.6 is 0 Å². The van der Waals surface area contributed by atoms with Crippen LogP contribution in [0, 0.1) is 11.8 Å². The van der Waals surface area contributed by atoms with Gasteiger partial charge in [-0.05, 0) is 79.0 Å². The zero-order chi connectivity index (χ0) is 25.7. The first-order valence-electron chi connectivity index (χ1n) is 13.2. The van der Waals surface area contributed by atoms with Crippen LogP contribution in [0.15, 0.2) is 47.4 Å². The Bertz CT molecular complexity index is 1180. The molecule has 0 unspecified atom stereocenters. The normalized spacial score (nSPS) is 20.1. The molecule has 0 radical (unpaired) electrons. The molecule has 4 rings (SSSR count). The Hall–Kier alpha value is -2.67. The minimum absolute atomic E-state index is 0.0549. The molecule has 2 aromatic carbocycles. The van der Waals surface area contributed by atoms with Crippen LogP contribution in [0.1, 0.15) is 80.3 Å². The third kappa shape index (κ3) is 7.19. The van der Waals surface area contributed by atoms with E-state index in [0.29, 0.717) is 36.9 Å². The smallest absolute Gasteiger partial charge is 0.251 e. The van der Waals surface area contributed by atoms with Gasteiger partial charge in [-0.15, -0.1) is 0 Å². The first-order valence-corrected chi connectivity index (χ1v) is 14.9.